The second kappa shape index (κ2) is 5.70. The van der Waals surface area contributed by atoms with Gasteiger partial charge in [0.1, 0.15) is 4.99 Å². The van der Waals surface area contributed by atoms with Crippen LogP contribution in [0.25, 0.3) is 0 Å². The summed E-state index contributed by atoms with van der Waals surface area (Å²) < 4.78 is 0. The molecule has 1 aliphatic rings. The van der Waals surface area contributed by atoms with Crippen LogP contribution in [-0.4, -0.2) is 28.4 Å². The Hall–Kier alpha value is -1.42. The highest BCUT2D eigenvalue weighted by molar-refractivity contribution is 7.80. The summed E-state index contributed by atoms with van der Waals surface area (Å²) in [5.74, 6) is 0.685. The van der Waals surface area contributed by atoms with Crippen LogP contribution < -0.4 is 5.73 Å². The largest absolute Gasteiger partial charge is 0.389 e. The van der Waals surface area contributed by atoms with Gasteiger partial charge < -0.3 is 10.6 Å². The molecule has 1 amide bonds. The molecule has 0 radical (unpaired) electrons. The molecule has 1 aromatic carbocycles. The zero-order valence-corrected chi connectivity index (χ0v) is 12.2. The van der Waals surface area contributed by atoms with Gasteiger partial charge in [0.25, 0.3) is 5.91 Å². The van der Waals surface area contributed by atoms with Gasteiger partial charge in [0.2, 0.25) is 0 Å². The summed E-state index contributed by atoms with van der Waals surface area (Å²) in [7, 11) is 0. The fraction of sp³-hybridized carbons (Fsp3) is 0.467. The number of nitrogens with zero attached hydrogens (tertiary/aromatic N) is 1. The lowest BCUT2D eigenvalue weighted by Gasteiger charge is -2.36. The van der Waals surface area contributed by atoms with E-state index in [2.05, 4.69) is 13.8 Å². The lowest BCUT2D eigenvalue weighted by molar-refractivity contribution is 0.0574. The number of carbonyl (C=O) groups is 1. The number of rotatable bonds is 2. The van der Waals surface area contributed by atoms with Gasteiger partial charge in [0, 0.05) is 23.7 Å². The number of nitrogens with two attached hydrogens (primary N) is 1. The van der Waals surface area contributed by atoms with Crippen LogP contribution in [0.1, 0.15) is 42.6 Å². The van der Waals surface area contributed by atoms with Crippen molar-refractivity contribution in [1.29, 1.82) is 0 Å². The molecular formula is C15H20N2OS. The molecule has 0 saturated carbocycles. The monoisotopic (exact) mass is 276 g/mol. The molecule has 2 rings (SSSR count). The van der Waals surface area contributed by atoms with Crippen LogP contribution in [0.2, 0.25) is 0 Å². The van der Waals surface area contributed by atoms with Crippen LogP contribution in [0.4, 0.5) is 0 Å². The molecule has 0 bridgehead atoms. The van der Waals surface area contributed by atoms with Crippen LogP contribution in [-0.2, 0) is 0 Å². The minimum absolute atomic E-state index is 0.105. The molecule has 102 valence electrons. The molecule has 2 unspecified atom stereocenters. The highest BCUT2D eigenvalue weighted by Gasteiger charge is 2.27. The third kappa shape index (κ3) is 3.13. The molecule has 2 N–H and O–H groups in total. The number of hydrogen-bond donors (Lipinski definition) is 1. The molecule has 1 aliphatic heterocycles. The zero-order valence-electron chi connectivity index (χ0n) is 11.4. The maximum absolute atomic E-state index is 12.5. The number of carbonyl (C=O) groups excluding carboxylic acids is 1. The normalized spacial score (nSPS) is 23.2. The van der Waals surface area contributed by atoms with Crippen LogP contribution in [0.15, 0.2) is 24.3 Å². The summed E-state index contributed by atoms with van der Waals surface area (Å²) in [6.07, 6.45) is 2.28. The van der Waals surface area contributed by atoms with Crippen LogP contribution in [0.5, 0.6) is 0 Å². The Labute approximate surface area is 119 Å². The van der Waals surface area contributed by atoms with E-state index in [0.717, 1.165) is 18.5 Å². The predicted molar refractivity (Wildman–Crippen MR) is 81.2 cm³/mol. The molecule has 1 heterocycles. The van der Waals surface area contributed by atoms with Gasteiger partial charge in [-0.2, -0.15) is 0 Å². The third-order valence-corrected chi connectivity index (χ3v) is 4.03. The van der Waals surface area contributed by atoms with Crippen molar-refractivity contribution >= 4 is 23.1 Å². The highest BCUT2D eigenvalue weighted by atomic mass is 32.1. The van der Waals surface area contributed by atoms with Crippen molar-refractivity contribution in [1.82, 2.24) is 4.90 Å². The van der Waals surface area contributed by atoms with Crippen LogP contribution >= 0.6 is 12.2 Å². The van der Waals surface area contributed by atoms with Crippen molar-refractivity contribution in [3.8, 4) is 0 Å². The quantitative estimate of drug-likeness (QED) is 0.845. The van der Waals surface area contributed by atoms with Crippen molar-refractivity contribution in [2.24, 2.45) is 11.7 Å². The van der Waals surface area contributed by atoms with Crippen LogP contribution in [0, 0.1) is 5.92 Å². The Balaban J connectivity index is 2.16. The first-order chi connectivity index (χ1) is 8.99. The lowest BCUT2D eigenvalue weighted by Crippen LogP contribution is -2.44. The maximum atomic E-state index is 12.5. The van der Waals surface area contributed by atoms with Crippen molar-refractivity contribution in [2.45, 2.75) is 32.7 Å². The van der Waals surface area contributed by atoms with Crippen molar-refractivity contribution in [2.75, 3.05) is 6.54 Å². The number of hydrogen-bond acceptors (Lipinski definition) is 2. The molecule has 1 saturated heterocycles. The average molecular weight is 276 g/mol. The van der Waals surface area contributed by atoms with Gasteiger partial charge in [-0.15, -0.1) is 0 Å². The Kier molecular flexibility index (Phi) is 4.20. The van der Waals surface area contributed by atoms with Gasteiger partial charge in [-0.05, 0) is 37.8 Å². The zero-order chi connectivity index (χ0) is 14.0. The molecule has 0 aromatic heterocycles. The summed E-state index contributed by atoms with van der Waals surface area (Å²) in [4.78, 5) is 14.8. The molecular weight excluding hydrogens is 256 g/mol. The van der Waals surface area contributed by atoms with Crippen molar-refractivity contribution < 1.29 is 4.79 Å². The Morgan fingerprint density at radius 3 is 2.37 bits per heavy atom. The maximum Gasteiger partial charge on any atom is 0.254 e. The molecule has 3 nitrogen and oxygen atoms in total. The number of likely N-dealkylation sites (tertiary alicyclic amines) is 1. The van der Waals surface area contributed by atoms with Gasteiger partial charge in [-0.3, -0.25) is 4.79 Å². The third-order valence-electron chi connectivity index (χ3n) is 3.79. The average Bonchev–Trinajstić information content (AvgIpc) is 2.41. The number of amides is 1. The molecule has 19 heavy (non-hydrogen) atoms. The van der Waals surface area contributed by atoms with Gasteiger partial charge in [0.15, 0.2) is 0 Å². The first-order valence-electron chi connectivity index (χ1n) is 6.70. The lowest BCUT2D eigenvalue weighted by atomic mass is 9.94. The summed E-state index contributed by atoms with van der Waals surface area (Å²) >= 11 is 4.91. The van der Waals surface area contributed by atoms with Gasteiger partial charge in [-0.1, -0.05) is 31.3 Å². The van der Waals surface area contributed by atoms with Gasteiger partial charge in [0.05, 0.1) is 0 Å². The van der Waals surface area contributed by atoms with Crippen molar-refractivity contribution in [3.63, 3.8) is 0 Å². The fourth-order valence-corrected chi connectivity index (χ4v) is 2.65. The standard InChI is InChI=1S/C15H20N2OS/c1-10-3-4-11(2)17(9-10)15(18)13-7-5-12(6-8-13)14(16)19/h5-8,10-11H,3-4,9H2,1-2H3,(H2,16,19). The van der Waals surface area contributed by atoms with Crippen LogP contribution in [0.3, 0.4) is 0 Å². The Bertz CT molecular complexity index is 483. The van der Waals surface area contributed by atoms with E-state index in [1.165, 1.54) is 6.42 Å². The summed E-state index contributed by atoms with van der Waals surface area (Å²) in [6.45, 7) is 5.16. The summed E-state index contributed by atoms with van der Waals surface area (Å²) in [5.41, 5.74) is 7.07. The topological polar surface area (TPSA) is 46.3 Å². The van der Waals surface area contributed by atoms with Gasteiger partial charge >= 0.3 is 0 Å². The number of benzene rings is 1. The van der Waals surface area contributed by atoms with E-state index in [0.29, 0.717) is 22.5 Å². The number of thiocarbonyl (C=S) groups is 1. The number of piperidine rings is 1. The van der Waals surface area contributed by atoms with E-state index in [4.69, 9.17) is 18.0 Å². The molecule has 2 atom stereocenters. The smallest absolute Gasteiger partial charge is 0.254 e. The van der Waals surface area contributed by atoms with E-state index in [-0.39, 0.29) is 5.91 Å². The van der Waals surface area contributed by atoms with E-state index in [1.807, 2.05) is 29.2 Å². The summed E-state index contributed by atoms with van der Waals surface area (Å²) in [6, 6.07) is 7.56. The molecule has 0 aliphatic carbocycles. The fourth-order valence-electron chi connectivity index (χ4n) is 2.51. The highest BCUT2D eigenvalue weighted by Crippen LogP contribution is 2.23. The minimum atomic E-state index is 0.105. The first-order valence-corrected chi connectivity index (χ1v) is 7.10. The molecule has 1 fully saturated rings. The van der Waals surface area contributed by atoms with Gasteiger partial charge in [-0.25, -0.2) is 0 Å². The second-order valence-electron chi connectivity index (χ2n) is 5.43. The molecule has 0 spiro atoms. The van der Waals surface area contributed by atoms with E-state index < -0.39 is 0 Å². The van der Waals surface area contributed by atoms with E-state index >= 15 is 0 Å². The Morgan fingerprint density at radius 1 is 1.21 bits per heavy atom. The summed E-state index contributed by atoms with van der Waals surface area (Å²) in [5, 5.41) is 0. The predicted octanol–water partition coefficient (Wildman–Crippen LogP) is 2.58. The second-order valence-corrected chi connectivity index (χ2v) is 5.87. The minimum Gasteiger partial charge on any atom is -0.389 e. The molecule has 1 aromatic rings. The van der Waals surface area contributed by atoms with Crippen molar-refractivity contribution in [3.05, 3.63) is 35.4 Å². The van der Waals surface area contributed by atoms with E-state index in [9.17, 15) is 4.79 Å². The molecule has 4 heteroatoms. The Morgan fingerprint density at radius 2 is 1.79 bits per heavy atom. The van der Waals surface area contributed by atoms with E-state index in [1.54, 1.807) is 0 Å². The SMILES string of the molecule is CC1CCC(C)N(C(=O)c2ccc(C(N)=S)cc2)C1. The first kappa shape index (κ1) is 14.0.